The summed E-state index contributed by atoms with van der Waals surface area (Å²) in [6.07, 6.45) is 2.44. The number of rotatable bonds is 6. The summed E-state index contributed by atoms with van der Waals surface area (Å²) in [5.74, 6) is 0. The fourth-order valence-corrected chi connectivity index (χ4v) is 1.97. The van der Waals surface area contributed by atoms with Crippen LogP contribution < -0.4 is 10.2 Å². The van der Waals surface area contributed by atoms with Crippen molar-refractivity contribution >= 4 is 17.3 Å². The van der Waals surface area contributed by atoms with Crippen molar-refractivity contribution in [3.05, 3.63) is 28.8 Å². The maximum Gasteiger partial charge on any atom is 0.0410 e. The Hall–Kier alpha value is -0.730. The number of nitrogens with zero attached hydrogens (tertiary/aromatic N) is 1. The van der Waals surface area contributed by atoms with Gasteiger partial charge in [0.25, 0.3) is 0 Å². The van der Waals surface area contributed by atoms with Gasteiger partial charge in [-0.3, -0.25) is 0 Å². The Morgan fingerprint density at radius 2 is 2.12 bits per heavy atom. The standard InChI is InChI=1S/C13H21ClN2/c1-4-5-8-16(3)13-7-6-12(14)9-11(13)10-15-2/h6-7,9,15H,4-5,8,10H2,1-3H3. The maximum atomic E-state index is 6.02. The molecular formula is C13H21ClN2. The Labute approximate surface area is 104 Å². The number of hydrogen-bond donors (Lipinski definition) is 1. The lowest BCUT2D eigenvalue weighted by atomic mass is 10.1. The van der Waals surface area contributed by atoms with Gasteiger partial charge in [-0.1, -0.05) is 24.9 Å². The van der Waals surface area contributed by atoms with Crippen LogP contribution in [0.2, 0.25) is 5.02 Å². The minimum Gasteiger partial charge on any atom is -0.374 e. The second-order valence-electron chi connectivity index (χ2n) is 4.08. The molecule has 1 aromatic rings. The molecular weight excluding hydrogens is 220 g/mol. The van der Waals surface area contributed by atoms with Gasteiger partial charge in [0.1, 0.15) is 0 Å². The molecule has 1 N–H and O–H groups in total. The van der Waals surface area contributed by atoms with Crippen LogP contribution in [-0.4, -0.2) is 20.6 Å². The first kappa shape index (κ1) is 13.3. The van der Waals surface area contributed by atoms with Gasteiger partial charge in [-0.2, -0.15) is 0 Å². The first-order valence-corrected chi connectivity index (χ1v) is 6.21. The highest BCUT2D eigenvalue weighted by Gasteiger charge is 2.07. The summed E-state index contributed by atoms with van der Waals surface area (Å²) in [6, 6.07) is 6.10. The highest BCUT2D eigenvalue weighted by molar-refractivity contribution is 6.30. The molecule has 0 atom stereocenters. The van der Waals surface area contributed by atoms with Gasteiger partial charge in [0.05, 0.1) is 0 Å². The summed E-state index contributed by atoms with van der Waals surface area (Å²) in [7, 11) is 4.09. The van der Waals surface area contributed by atoms with Crippen molar-refractivity contribution in [2.45, 2.75) is 26.3 Å². The Bertz CT molecular complexity index is 326. The lowest BCUT2D eigenvalue weighted by molar-refractivity contribution is 0.755. The Morgan fingerprint density at radius 1 is 1.38 bits per heavy atom. The average Bonchev–Trinajstić information content (AvgIpc) is 2.26. The zero-order chi connectivity index (χ0) is 12.0. The number of anilines is 1. The van der Waals surface area contributed by atoms with Gasteiger partial charge in [0.15, 0.2) is 0 Å². The van der Waals surface area contributed by atoms with E-state index < -0.39 is 0 Å². The fourth-order valence-electron chi connectivity index (χ4n) is 1.77. The van der Waals surface area contributed by atoms with Gasteiger partial charge >= 0.3 is 0 Å². The zero-order valence-electron chi connectivity index (χ0n) is 10.4. The first-order chi connectivity index (χ1) is 7.69. The lowest BCUT2D eigenvalue weighted by Gasteiger charge is -2.22. The molecule has 1 aromatic carbocycles. The molecule has 0 saturated carbocycles. The predicted octanol–water partition coefficient (Wildman–Crippen LogP) is 3.30. The Balaban J connectivity index is 2.84. The third-order valence-electron chi connectivity index (χ3n) is 2.67. The van der Waals surface area contributed by atoms with E-state index in [0.29, 0.717) is 0 Å². The van der Waals surface area contributed by atoms with Crippen molar-refractivity contribution in [2.75, 3.05) is 25.5 Å². The SMILES string of the molecule is CCCCN(C)c1ccc(Cl)cc1CNC. The monoisotopic (exact) mass is 240 g/mol. The summed E-state index contributed by atoms with van der Waals surface area (Å²) >= 11 is 6.02. The summed E-state index contributed by atoms with van der Waals surface area (Å²) in [5, 5.41) is 3.98. The molecule has 0 fully saturated rings. The first-order valence-electron chi connectivity index (χ1n) is 5.83. The number of halogens is 1. The van der Waals surface area contributed by atoms with E-state index in [4.69, 9.17) is 11.6 Å². The molecule has 0 aliphatic rings. The molecule has 0 bridgehead atoms. The summed E-state index contributed by atoms with van der Waals surface area (Å²) < 4.78 is 0. The molecule has 2 nitrogen and oxygen atoms in total. The third kappa shape index (κ3) is 3.69. The molecule has 0 heterocycles. The molecule has 0 aliphatic heterocycles. The molecule has 16 heavy (non-hydrogen) atoms. The lowest BCUT2D eigenvalue weighted by Crippen LogP contribution is -2.21. The zero-order valence-corrected chi connectivity index (χ0v) is 11.1. The van der Waals surface area contributed by atoms with Crippen LogP contribution in [0, 0.1) is 0 Å². The van der Waals surface area contributed by atoms with Gasteiger partial charge in [0, 0.05) is 30.8 Å². The summed E-state index contributed by atoms with van der Waals surface area (Å²) in [6.45, 7) is 4.16. The summed E-state index contributed by atoms with van der Waals surface area (Å²) in [4.78, 5) is 2.30. The normalized spacial score (nSPS) is 10.5. The van der Waals surface area contributed by atoms with Crippen LogP contribution in [0.25, 0.3) is 0 Å². The van der Waals surface area contributed by atoms with E-state index >= 15 is 0 Å². The molecule has 0 saturated heterocycles. The number of unbranched alkanes of at least 4 members (excludes halogenated alkanes) is 1. The van der Waals surface area contributed by atoms with E-state index in [0.717, 1.165) is 18.1 Å². The van der Waals surface area contributed by atoms with Crippen LogP contribution in [0.1, 0.15) is 25.3 Å². The topological polar surface area (TPSA) is 15.3 Å². The fraction of sp³-hybridized carbons (Fsp3) is 0.538. The van der Waals surface area contributed by atoms with E-state index in [1.807, 2.05) is 19.2 Å². The second kappa shape index (κ2) is 6.77. The predicted molar refractivity (Wildman–Crippen MR) is 72.4 cm³/mol. The van der Waals surface area contributed by atoms with Crippen molar-refractivity contribution in [3.63, 3.8) is 0 Å². The Morgan fingerprint density at radius 3 is 2.75 bits per heavy atom. The van der Waals surface area contributed by atoms with E-state index in [1.54, 1.807) is 0 Å². The van der Waals surface area contributed by atoms with Gasteiger partial charge in [0.2, 0.25) is 0 Å². The molecule has 90 valence electrons. The number of hydrogen-bond acceptors (Lipinski definition) is 2. The van der Waals surface area contributed by atoms with E-state index in [-0.39, 0.29) is 0 Å². The molecule has 0 aromatic heterocycles. The highest BCUT2D eigenvalue weighted by atomic mass is 35.5. The Kier molecular flexibility index (Phi) is 5.64. The van der Waals surface area contributed by atoms with E-state index in [2.05, 4.69) is 30.3 Å². The van der Waals surface area contributed by atoms with Gasteiger partial charge in [-0.15, -0.1) is 0 Å². The molecule has 0 radical (unpaired) electrons. The maximum absolute atomic E-state index is 6.02. The average molecular weight is 241 g/mol. The van der Waals surface area contributed by atoms with Crippen molar-refractivity contribution in [1.29, 1.82) is 0 Å². The minimum atomic E-state index is 0.804. The number of nitrogens with one attached hydrogen (secondary N) is 1. The quantitative estimate of drug-likeness (QED) is 0.821. The van der Waals surface area contributed by atoms with Crippen LogP contribution in [0.5, 0.6) is 0 Å². The molecule has 1 rings (SSSR count). The molecule has 0 spiro atoms. The smallest absolute Gasteiger partial charge is 0.0410 e. The number of benzene rings is 1. The molecule has 0 unspecified atom stereocenters. The highest BCUT2D eigenvalue weighted by Crippen LogP contribution is 2.23. The van der Waals surface area contributed by atoms with Gasteiger partial charge < -0.3 is 10.2 Å². The van der Waals surface area contributed by atoms with Crippen molar-refractivity contribution in [3.8, 4) is 0 Å². The molecule has 0 aliphatic carbocycles. The second-order valence-corrected chi connectivity index (χ2v) is 4.51. The van der Waals surface area contributed by atoms with Crippen molar-refractivity contribution in [2.24, 2.45) is 0 Å². The molecule has 0 amide bonds. The van der Waals surface area contributed by atoms with E-state index in [9.17, 15) is 0 Å². The van der Waals surface area contributed by atoms with Crippen LogP contribution in [0.15, 0.2) is 18.2 Å². The summed E-state index contributed by atoms with van der Waals surface area (Å²) in [5.41, 5.74) is 2.53. The van der Waals surface area contributed by atoms with Crippen LogP contribution >= 0.6 is 11.6 Å². The largest absolute Gasteiger partial charge is 0.374 e. The van der Waals surface area contributed by atoms with Crippen LogP contribution in [0.4, 0.5) is 5.69 Å². The van der Waals surface area contributed by atoms with Crippen molar-refractivity contribution < 1.29 is 0 Å². The van der Waals surface area contributed by atoms with Crippen LogP contribution in [0.3, 0.4) is 0 Å². The van der Waals surface area contributed by atoms with E-state index in [1.165, 1.54) is 24.1 Å². The molecule has 3 heteroatoms. The minimum absolute atomic E-state index is 0.804. The van der Waals surface area contributed by atoms with Crippen LogP contribution in [-0.2, 0) is 6.54 Å². The van der Waals surface area contributed by atoms with Crippen molar-refractivity contribution in [1.82, 2.24) is 5.32 Å². The van der Waals surface area contributed by atoms with Gasteiger partial charge in [-0.05, 0) is 37.2 Å². The van der Waals surface area contributed by atoms with Gasteiger partial charge in [-0.25, -0.2) is 0 Å². The third-order valence-corrected chi connectivity index (χ3v) is 2.90.